The third kappa shape index (κ3) is 53.1. The zero-order chi connectivity index (χ0) is 62.0. The van der Waals surface area contributed by atoms with Crippen LogP contribution >= 0.6 is 0 Å². The van der Waals surface area contributed by atoms with Crippen LogP contribution in [0.1, 0.15) is 5.56 Å². The van der Waals surface area contributed by atoms with Gasteiger partial charge in [0.25, 0.3) is 0 Å². The molecule has 86 heavy (non-hydrogen) atoms. The van der Waals surface area contributed by atoms with Gasteiger partial charge in [-0.05, 0) is 12.1 Å². The second-order valence-electron chi connectivity index (χ2n) is 17.9. The van der Waals surface area contributed by atoms with Crippen LogP contribution in [0.15, 0.2) is 12.1 Å². The molecule has 0 spiro atoms. The molecule has 0 aliphatic heterocycles. The zero-order valence-electron chi connectivity index (χ0n) is 52.7. The fraction of sp³-hybridized carbons (Fsp3) is 0.864. The van der Waals surface area contributed by atoms with E-state index in [9.17, 15) is 0 Å². The average Bonchev–Trinajstić information content (AvgIpc) is 2.22. The van der Waals surface area contributed by atoms with Gasteiger partial charge in [0.05, 0.1) is 277 Å². The molecule has 27 nitrogen and oxygen atoms in total. The number of hydrogen-bond acceptors (Lipinski definition) is 27. The van der Waals surface area contributed by atoms with Crippen LogP contribution in [0.4, 0.5) is 0 Å². The maximum absolute atomic E-state index is 6.93. The van der Waals surface area contributed by atoms with Gasteiger partial charge in [-0.3, -0.25) is 0 Å². The molecule has 0 fully saturated rings. The van der Waals surface area contributed by atoms with Crippen LogP contribution in [0.25, 0.3) is 0 Å². The Bertz CT molecular complexity index is 1420. The van der Waals surface area contributed by atoms with Gasteiger partial charge in [0.1, 0.15) is 18.3 Å². The second kappa shape index (κ2) is 66.6. The third-order valence-corrected chi connectivity index (χ3v) is 10.9. The van der Waals surface area contributed by atoms with E-state index in [0.29, 0.717) is 204 Å². The Morgan fingerprint density at radius 1 is 0.244 bits per heavy atom. The fourth-order valence-corrected chi connectivity index (χ4v) is 6.61. The summed E-state index contributed by atoms with van der Waals surface area (Å²) in [7, 11) is 9.73. The van der Waals surface area contributed by atoms with Gasteiger partial charge < -0.3 is 128 Å². The largest absolute Gasteiger partial charge is 0.482 e. The third-order valence-electron chi connectivity index (χ3n) is 10.9. The molecule has 0 unspecified atom stereocenters. The highest BCUT2D eigenvalue weighted by molar-refractivity contribution is 5.57. The van der Waals surface area contributed by atoms with E-state index in [2.05, 4.69) is 5.92 Å². The molecule has 1 aromatic carbocycles. The Labute approximate surface area is 512 Å². The van der Waals surface area contributed by atoms with Crippen molar-refractivity contribution in [2.24, 2.45) is 0 Å². The van der Waals surface area contributed by atoms with Gasteiger partial charge in [-0.1, -0.05) is 5.92 Å². The second-order valence-corrected chi connectivity index (χ2v) is 17.9. The monoisotopic (exact) mass is 1250 g/mol. The van der Waals surface area contributed by atoms with E-state index in [-0.39, 0.29) is 96.5 Å². The first-order valence-corrected chi connectivity index (χ1v) is 29.5. The quantitative estimate of drug-likeness (QED) is 0.0669. The molecule has 0 aromatic heterocycles. The number of terminal acetylenes is 1. The van der Waals surface area contributed by atoms with E-state index >= 15 is 0 Å². The van der Waals surface area contributed by atoms with E-state index in [0.717, 1.165) is 0 Å². The number of hydrogen-bond donors (Lipinski definition) is 0. The zero-order valence-corrected chi connectivity index (χ0v) is 52.7. The van der Waals surface area contributed by atoms with Gasteiger partial charge in [0, 0.05) is 48.2 Å². The van der Waals surface area contributed by atoms with Gasteiger partial charge in [-0.25, -0.2) is 0 Å². The normalized spacial score (nSPS) is 11.7. The van der Waals surface area contributed by atoms with Gasteiger partial charge in [-0.2, -0.15) is 0 Å². The maximum Gasteiger partial charge on any atom is 0.204 e. The standard InChI is InChI=1S/C59H108O27/c1-8-53-45-57(84-54(47-78-39-33-72-27-21-66-15-9-60-2)48-79-40-34-73-28-22-67-16-10-61-3)59(86-56(51-82-43-37-76-31-25-70-19-13-64-6)52-83-44-38-77-32-26-71-20-14-65-7)58(46-53)85-55(49-80-41-35-74-29-23-68-17-11-62-4)50-81-42-36-75-30-24-69-18-12-63-5/h1,45-46,54-56H,9-44,47-52H2,2-7H3. The summed E-state index contributed by atoms with van der Waals surface area (Å²) < 4.78 is 155. The van der Waals surface area contributed by atoms with Crippen molar-refractivity contribution >= 4 is 0 Å². The van der Waals surface area contributed by atoms with Crippen molar-refractivity contribution in [1.82, 2.24) is 0 Å². The molecule has 0 saturated heterocycles. The van der Waals surface area contributed by atoms with Crippen molar-refractivity contribution in [1.29, 1.82) is 0 Å². The molecule has 0 amide bonds. The summed E-state index contributed by atoms with van der Waals surface area (Å²) in [5.41, 5.74) is 0.420. The highest BCUT2D eigenvalue weighted by Crippen LogP contribution is 2.41. The predicted octanol–water partition coefficient (Wildman–Crippen LogP) is 2.09. The van der Waals surface area contributed by atoms with Crippen LogP contribution in [0.5, 0.6) is 17.2 Å². The van der Waals surface area contributed by atoms with Crippen LogP contribution in [-0.4, -0.2) is 338 Å². The van der Waals surface area contributed by atoms with Gasteiger partial charge in [0.2, 0.25) is 5.75 Å². The van der Waals surface area contributed by atoms with Crippen molar-refractivity contribution in [3.05, 3.63) is 17.7 Å². The average molecular weight is 1250 g/mol. The molecule has 0 radical (unpaired) electrons. The highest BCUT2D eigenvalue weighted by Gasteiger charge is 2.26. The molecule has 506 valence electrons. The summed E-state index contributed by atoms with van der Waals surface area (Å²) in [4.78, 5) is 0. The smallest absolute Gasteiger partial charge is 0.204 e. The van der Waals surface area contributed by atoms with E-state index in [1.165, 1.54) is 0 Å². The van der Waals surface area contributed by atoms with Crippen LogP contribution in [0.2, 0.25) is 0 Å². The Morgan fingerprint density at radius 2 is 0.407 bits per heavy atom. The van der Waals surface area contributed by atoms with E-state index in [4.69, 9.17) is 134 Å². The lowest BCUT2D eigenvalue weighted by atomic mass is 10.1. The number of rotatable bonds is 72. The SMILES string of the molecule is C#Cc1cc(OC(COCCOCCOCCOC)COCCOCCOCCOC)c(OC(COCCOCCOCCOC)COCCOCCOCCOC)c(OC(COCCOCCOCCOC)COCCOCCOCCOC)c1. The first-order valence-electron chi connectivity index (χ1n) is 29.5. The first-order chi connectivity index (χ1) is 42.6. The Balaban J connectivity index is 3.63. The minimum atomic E-state index is -0.749. The molecule has 0 atom stereocenters. The number of methoxy groups -OCH3 is 6. The van der Waals surface area contributed by atoms with E-state index < -0.39 is 18.3 Å². The minimum Gasteiger partial charge on any atom is -0.482 e. The molecule has 0 aliphatic rings. The van der Waals surface area contributed by atoms with Crippen molar-refractivity contribution in [3.8, 4) is 29.6 Å². The minimum absolute atomic E-state index is 0.0622. The lowest BCUT2D eigenvalue weighted by Gasteiger charge is -2.27. The summed E-state index contributed by atoms with van der Waals surface area (Å²) in [6.45, 7) is 14.3. The van der Waals surface area contributed by atoms with Crippen molar-refractivity contribution in [3.63, 3.8) is 0 Å². The van der Waals surface area contributed by atoms with Gasteiger partial charge >= 0.3 is 0 Å². The maximum atomic E-state index is 6.93. The molecular weight excluding hydrogens is 1140 g/mol. The fourth-order valence-electron chi connectivity index (χ4n) is 6.61. The van der Waals surface area contributed by atoms with Crippen molar-refractivity contribution < 1.29 is 128 Å². The number of ether oxygens (including phenoxy) is 27. The van der Waals surface area contributed by atoms with Gasteiger partial charge in [0.15, 0.2) is 11.5 Å². The lowest BCUT2D eigenvalue weighted by Crippen LogP contribution is -2.33. The molecule has 0 N–H and O–H groups in total. The Kier molecular flexibility index (Phi) is 62.9. The molecule has 0 heterocycles. The molecule has 1 aromatic rings. The molecule has 0 bridgehead atoms. The first kappa shape index (κ1) is 81.2. The van der Waals surface area contributed by atoms with Crippen LogP contribution in [0, 0.1) is 12.3 Å². The van der Waals surface area contributed by atoms with Crippen LogP contribution < -0.4 is 14.2 Å². The predicted molar refractivity (Wildman–Crippen MR) is 314 cm³/mol. The van der Waals surface area contributed by atoms with Crippen LogP contribution in [0.3, 0.4) is 0 Å². The summed E-state index contributed by atoms with van der Waals surface area (Å²) in [6.07, 6.45) is 3.99. The Morgan fingerprint density at radius 3 is 0.581 bits per heavy atom. The summed E-state index contributed by atoms with van der Waals surface area (Å²) in [5.74, 6) is 3.39. The van der Waals surface area contributed by atoms with E-state index in [1.54, 1.807) is 54.8 Å². The lowest BCUT2D eigenvalue weighted by molar-refractivity contribution is -0.0508. The molecule has 0 saturated carbocycles. The molecular formula is C59H108O27. The molecule has 27 heteroatoms. The summed E-state index contributed by atoms with van der Waals surface area (Å²) >= 11 is 0. The topological polar surface area (TPSA) is 249 Å². The van der Waals surface area contributed by atoms with Crippen molar-refractivity contribution in [2.45, 2.75) is 18.3 Å². The van der Waals surface area contributed by atoms with E-state index in [1.807, 2.05) is 0 Å². The highest BCUT2D eigenvalue weighted by atomic mass is 16.6. The summed E-state index contributed by atoms with van der Waals surface area (Å²) in [6, 6.07) is 3.38. The number of benzene rings is 1. The van der Waals surface area contributed by atoms with Crippen molar-refractivity contribution in [2.75, 3.05) is 320 Å². The molecule has 0 aliphatic carbocycles. The van der Waals surface area contributed by atoms with Gasteiger partial charge in [-0.15, -0.1) is 6.42 Å². The summed E-state index contributed by atoms with van der Waals surface area (Å²) in [5, 5.41) is 0. The molecule has 1 rings (SSSR count). The Hall–Kier alpha value is -2.78. The van der Waals surface area contributed by atoms with Crippen LogP contribution in [-0.2, 0) is 114 Å².